The van der Waals surface area contributed by atoms with E-state index in [9.17, 15) is 4.79 Å². The highest BCUT2D eigenvalue weighted by molar-refractivity contribution is 6.42. The van der Waals surface area contributed by atoms with Gasteiger partial charge >= 0.3 is 6.09 Å². The molecule has 2 rings (SSSR count). The molecular formula is C19H25Cl2N3O2. The molecule has 1 aliphatic heterocycles. The third-order valence-corrected chi connectivity index (χ3v) is 5.31. The van der Waals surface area contributed by atoms with E-state index in [2.05, 4.69) is 5.32 Å². The van der Waals surface area contributed by atoms with Crippen LogP contribution in [0.4, 0.5) is 4.79 Å². The standard InChI is InChI=1S/C19H25Cl2N3O2/c1-18(2,3)26-17(25)24-10-4-7-19(12-24,8-9-23-13-22)14-5-6-15(20)16(21)11-14/h5-6,11,23H,4,7-10,12H2,1-3H3. The summed E-state index contributed by atoms with van der Waals surface area (Å²) in [5, 5.41) is 12.5. The molecule has 1 aromatic rings. The monoisotopic (exact) mass is 397 g/mol. The molecule has 1 N–H and O–H groups in total. The second kappa shape index (κ2) is 8.37. The number of halogens is 2. The highest BCUT2D eigenvalue weighted by Gasteiger charge is 2.39. The predicted molar refractivity (Wildman–Crippen MR) is 103 cm³/mol. The van der Waals surface area contributed by atoms with Crippen LogP contribution in [0.2, 0.25) is 10.0 Å². The van der Waals surface area contributed by atoms with E-state index >= 15 is 0 Å². The minimum absolute atomic E-state index is 0.298. The van der Waals surface area contributed by atoms with E-state index in [0.717, 1.165) is 18.4 Å². The van der Waals surface area contributed by atoms with Gasteiger partial charge < -0.3 is 15.0 Å². The van der Waals surface area contributed by atoms with Gasteiger partial charge in [-0.3, -0.25) is 0 Å². The fraction of sp³-hybridized carbons (Fsp3) is 0.579. The van der Waals surface area contributed by atoms with E-state index in [1.165, 1.54) is 0 Å². The number of piperidine rings is 1. The van der Waals surface area contributed by atoms with Crippen LogP contribution in [0.25, 0.3) is 0 Å². The second-order valence-corrected chi connectivity index (χ2v) is 8.52. The minimum atomic E-state index is -0.539. The maximum atomic E-state index is 12.6. The van der Waals surface area contributed by atoms with Crippen molar-refractivity contribution in [1.29, 1.82) is 5.26 Å². The number of likely N-dealkylation sites (tertiary alicyclic amines) is 1. The molecule has 1 atom stereocenters. The topological polar surface area (TPSA) is 65.4 Å². The van der Waals surface area contributed by atoms with Crippen LogP contribution in [0.3, 0.4) is 0 Å². The van der Waals surface area contributed by atoms with Crippen LogP contribution in [0, 0.1) is 11.5 Å². The zero-order valence-corrected chi connectivity index (χ0v) is 17.0. The SMILES string of the molecule is CC(C)(C)OC(=O)N1CCCC(CCNC#N)(c2ccc(Cl)c(Cl)c2)C1. The number of ether oxygens (including phenoxy) is 1. The number of carbonyl (C=O) groups excluding carboxylic acids is 1. The van der Waals surface area contributed by atoms with Crippen molar-refractivity contribution in [3.8, 4) is 6.19 Å². The number of rotatable bonds is 4. The molecule has 0 aromatic heterocycles. The predicted octanol–water partition coefficient (Wildman–Crippen LogP) is 4.72. The third kappa shape index (κ3) is 5.18. The molecule has 142 valence electrons. The van der Waals surface area contributed by atoms with E-state index in [0.29, 0.717) is 36.1 Å². The molecule has 1 aliphatic rings. The Balaban J connectivity index is 2.29. The molecule has 1 unspecified atom stereocenters. The van der Waals surface area contributed by atoms with Gasteiger partial charge in [0.1, 0.15) is 5.60 Å². The molecule has 0 bridgehead atoms. The largest absolute Gasteiger partial charge is 0.444 e. The molecule has 0 saturated carbocycles. The smallest absolute Gasteiger partial charge is 0.410 e. The molecule has 1 saturated heterocycles. The molecule has 1 fully saturated rings. The number of hydrogen-bond acceptors (Lipinski definition) is 4. The summed E-state index contributed by atoms with van der Waals surface area (Å²) in [5.41, 5.74) is 0.191. The second-order valence-electron chi connectivity index (χ2n) is 7.70. The van der Waals surface area contributed by atoms with Gasteiger partial charge in [0, 0.05) is 25.0 Å². The minimum Gasteiger partial charge on any atom is -0.444 e. The van der Waals surface area contributed by atoms with Gasteiger partial charge in [-0.2, -0.15) is 5.26 Å². The maximum Gasteiger partial charge on any atom is 0.410 e. The summed E-state index contributed by atoms with van der Waals surface area (Å²) in [6.45, 7) is 7.28. The van der Waals surface area contributed by atoms with Crippen LogP contribution in [-0.2, 0) is 10.2 Å². The highest BCUT2D eigenvalue weighted by Crippen LogP contribution is 2.39. The van der Waals surface area contributed by atoms with E-state index < -0.39 is 5.60 Å². The van der Waals surface area contributed by atoms with Crippen LogP contribution < -0.4 is 5.32 Å². The Bertz CT molecular complexity index is 697. The van der Waals surface area contributed by atoms with Crippen LogP contribution in [0.1, 0.15) is 45.6 Å². The Morgan fingerprint density at radius 3 is 2.73 bits per heavy atom. The first-order valence-corrected chi connectivity index (χ1v) is 9.48. The molecule has 0 radical (unpaired) electrons. The first-order valence-electron chi connectivity index (χ1n) is 8.72. The van der Waals surface area contributed by atoms with Crippen LogP contribution >= 0.6 is 23.2 Å². The quantitative estimate of drug-likeness (QED) is 0.453. The molecule has 5 nitrogen and oxygen atoms in total. The van der Waals surface area contributed by atoms with E-state index in [-0.39, 0.29) is 11.5 Å². The van der Waals surface area contributed by atoms with E-state index in [1.54, 1.807) is 11.0 Å². The molecule has 0 spiro atoms. The number of nitrogens with zero attached hydrogens (tertiary/aromatic N) is 2. The average Bonchev–Trinajstić information content (AvgIpc) is 2.56. The van der Waals surface area contributed by atoms with Gasteiger partial charge in [0.2, 0.25) is 0 Å². The summed E-state index contributed by atoms with van der Waals surface area (Å²) < 4.78 is 5.55. The van der Waals surface area contributed by atoms with Crippen molar-refractivity contribution in [2.75, 3.05) is 19.6 Å². The first-order chi connectivity index (χ1) is 12.2. The van der Waals surface area contributed by atoms with Gasteiger partial charge in [-0.15, -0.1) is 0 Å². The lowest BCUT2D eigenvalue weighted by atomic mass is 9.71. The van der Waals surface area contributed by atoms with Gasteiger partial charge in [-0.1, -0.05) is 29.3 Å². The number of amides is 1. The fourth-order valence-electron chi connectivity index (χ4n) is 3.38. The Morgan fingerprint density at radius 1 is 1.38 bits per heavy atom. The lowest BCUT2D eigenvalue weighted by Crippen LogP contribution is -2.50. The van der Waals surface area contributed by atoms with Gasteiger partial charge in [-0.05, 0) is 57.7 Å². The summed E-state index contributed by atoms with van der Waals surface area (Å²) in [7, 11) is 0. The molecule has 1 aromatic carbocycles. The summed E-state index contributed by atoms with van der Waals surface area (Å²) in [6.07, 6.45) is 4.11. The Labute approximate surface area is 165 Å². The number of carbonyl (C=O) groups is 1. The number of nitriles is 1. The summed E-state index contributed by atoms with van der Waals surface area (Å²) in [4.78, 5) is 14.3. The van der Waals surface area contributed by atoms with Crippen molar-refractivity contribution >= 4 is 29.3 Å². The number of nitrogens with one attached hydrogen (secondary N) is 1. The lowest BCUT2D eigenvalue weighted by molar-refractivity contribution is 0.0127. The molecular weight excluding hydrogens is 373 g/mol. The zero-order chi connectivity index (χ0) is 19.4. The van der Waals surface area contributed by atoms with Crippen molar-refractivity contribution < 1.29 is 9.53 Å². The van der Waals surface area contributed by atoms with Crippen molar-refractivity contribution in [2.45, 2.75) is 51.0 Å². The average molecular weight is 398 g/mol. The summed E-state index contributed by atoms with van der Waals surface area (Å²) in [5.74, 6) is 0. The van der Waals surface area contributed by atoms with Crippen LogP contribution in [0.15, 0.2) is 18.2 Å². The van der Waals surface area contributed by atoms with Gasteiger partial charge in [0.25, 0.3) is 0 Å². The summed E-state index contributed by atoms with van der Waals surface area (Å²) >= 11 is 12.3. The first kappa shape index (κ1) is 20.7. The van der Waals surface area contributed by atoms with Gasteiger partial charge in [0.15, 0.2) is 6.19 Å². The van der Waals surface area contributed by atoms with E-state index in [4.69, 9.17) is 33.2 Å². The Hall–Kier alpha value is -1.64. The summed E-state index contributed by atoms with van der Waals surface area (Å²) in [6, 6.07) is 5.61. The van der Waals surface area contributed by atoms with Crippen LogP contribution in [-0.4, -0.2) is 36.2 Å². The van der Waals surface area contributed by atoms with E-state index in [1.807, 2.05) is 39.1 Å². The Kier molecular flexibility index (Phi) is 6.65. The normalized spacial score (nSPS) is 20.4. The zero-order valence-electron chi connectivity index (χ0n) is 15.4. The molecule has 7 heteroatoms. The number of hydrogen-bond donors (Lipinski definition) is 1. The van der Waals surface area contributed by atoms with Crippen molar-refractivity contribution in [2.24, 2.45) is 0 Å². The molecule has 1 heterocycles. The molecule has 0 aliphatic carbocycles. The van der Waals surface area contributed by atoms with Crippen molar-refractivity contribution in [3.05, 3.63) is 33.8 Å². The van der Waals surface area contributed by atoms with Crippen molar-refractivity contribution in [1.82, 2.24) is 10.2 Å². The van der Waals surface area contributed by atoms with Gasteiger partial charge in [0.05, 0.1) is 10.0 Å². The molecule has 1 amide bonds. The van der Waals surface area contributed by atoms with Gasteiger partial charge in [-0.25, -0.2) is 4.79 Å². The van der Waals surface area contributed by atoms with Crippen molar-refractivity contribution in [3.63, 3.8) is 0 Å². The highest BCUT2D eigenvalue weighted by atomic mass is 35.5. The lowest BCUT2D eigenvalue weighted by Gasteiger charge is -2.43. The third-order valence-electron chi connectivity index (χ3n) is 4.57. The fourth-order valence-corrected chi connectivity index (χ4v) is 3.68. The van der Waals surface area contributed by atoms with Crippen LogP contribution in [0.5, 0.6) is 0 Å². The maximum absolute atomic E-state index is 12.6. The Morgan fingerprint density at radius 2 is 2.12 bits per heavy atom. The number of benzene rings is 1. The molecule has 26 heavy (non-hydrogen) atoms.